The number of carbonyl (C=O) groups is 1. The van der Waals surface area contributed by atoms with Crippen LogP contribution in [0.1, 0.15) is 25.7 Å². The predicted octanol–water partition coefficient (Wildman–Crippen LogP) is 2.42. The normalized spacial score (nSPS) is 19.0. The van der Waals surface area contributed by atoms with Gasteiger partial charge in [0.1, 0.15) is 6.29 Å². The monoisotopic (exact) mass is 207 g/mol. The van der Waals surface area contributed by atoms with E-state index in [2.05, 4.69) is 18.1 Å². The highest BCUT2D eigenvalue weighted by Gasteiger charge is 2.34. The molecule has 15 heavy (non-hydrogen) atoms. The number of aldehydes is 1. The number of rotatable bonds is 7. The Morgan fingerprint density at radius 2 is 1.67 bits per heavy atom. The van der Waals surface area contributed by atoms with Gasteiger partial charge in [-0.3, -0.25) is 4.90 Å². The fraction of sp³-hybridized carbons (Fsp3) is 0.615. The first-order valence-electron chi connectivity index (χ1n) is 5.67. The van der Waals surface area contributed by atoms with Gasteiger partial charge >= 0.3 is 0 Å². The Hall–Kier alpha value is -0.890. The second-order valence-corrected chi connectivity index (χ2v) is 4.46. The second-order valence-electron chi connectivity index (χ2n) is 4.46. The summed E-state index contributed by atoms with van der Waals surface area (Å²) >= 11 is 0. The Balaban J connectivity index is 2.57. The van der Waals surface area contributed by atoms with Crippen molar-refractivity contribution in [1.29, 1.82) is 0 Å². The van der Waals surface area contributed by atoms with E-state index in [-0.39, 0.29) is 5.41 Å². The molecule has 0 amide bonds. The predicted molar refractivity (Wildman–Crippen MR) is 63.8 cm³/mol. The van der Waals surface area contributed by atoms with E-state index in [0.29, 0.717) is 0 Å². The van der Waals surface area contributed by atoms with Crippen LogP contribution in [0.25, 0.3) is 0 Å². The maximum atomic E-state index is 11.2. The lowest BCUT2D eigenvalue weighted by molar-refractivity contribution is -0.116. The zero-order chi connectivity index (χ0) is 11.1. The van der Waals surface area contributed by atoms with Crippen LogP contribution in [-0.2, 0) is 4.79 Å². The van der Waals surface area contributed by atoms with E-state index in [1.165, 1.54) is 19.1 Å². The first-order valence-corrected chi connectivity index (χ1v) is 5.67. The smallest absolute Gasteiger partial charge is 0.127 e. The molecule has 0 aromatic rings. The molecule has 2 nitrogen and oxygen atoms in total. The molecule has 2 heteroatoms. The van der Waals surface area contributed by atoms with Crippen molar-refractivity contribution in [3.05, 3.63) is 25.3 Å². The Bertz CT molecular complexity index is 219. The SMILES string of the molecule is C=CCN(CC=C)CC1(C=O)CCCC1. The summed E-state index contributed by atoms with van der Waals surface area (Å²) in [6.45, 7) is 10.0. The minimum Gasteiger partial charge on any atom is -0.303 e. The van der Waals surface area contributed by atoms with Gasteiger partial charge in [0.25, 0.3) is 0 Å². The maximum Gasteiger partial charge on any atom is 0.127 e. The molecule has 0 atom stereocenters. The Morgan fingerprint density at radius 3 is 2.07 bits per heavy atom. The first-order chi connectivity index (χ1) is 7.26. The second kappa shape index (κ2) is 5.86. The largest absolute Gasteiger partial charge is 0.303 e. The van der Waals surface area contributed by atoms with Gasteiger partial charge in [0, 0.05) is 25.0 Å². The molecule has 0 radical (unpaired) electrons. The molecule has 1 saturated carbocycles. The van der Waals surface area contributed by atoms with Crippen LogP contribution >= 0.6 is 0 Å². The van der Waals surface area contributed by atoms with E-state index in [1.54, 1.807) is 0 Å². The van der Waals surface area contributed by atoms with Crippen LogP contribution in [0, 0.1) is 5.41 Å². The van der Waals surface area contributed by atoms with Gasteiger partial charge < -0.3 is 4.79 Å². The summed E-state index contributed by atoms with van der Waals surface area (Å²) in [5.74, 6) is 0. The van der Waals surface area contributed by atoms with Crippen molar-refractivity contribution in [2.45, 2.75) is 25.7 Å². The molecule has 0 heterocycles. The third kappa shape index (κ3) is 3.31. The molecule has 0 bridgehead atoms. The molecule has 1 aliphatic rings. The van der Waals surface area contributed by atoms with Crippen LogP contribution in [0.4, 0.5) is 0 Å². The lowest BCUT2D eigenvalue weighted by Gasteiger charge is -2.29. The third-order valence-electron chi connectivity index (χ3n) is 3.16. The van der Waals surface area contributed by atoms with Crippen LogP contribution in [-0.4, -0.2) is 30.8 Å². The summed E-state index contributed by atoms with van der Waals surface area (Å²) in [6.07, 6.45) is 9.40. The van der Waals surface area contributed by atoms with E-state index in [0.717, 1.165) is 32.5 Å². The summed E-state index contributed by atoms with van der Waals surface area (Å²) < 4.78 is 0. The molecule has 0 aromatic heterocycles. The van der Waals surface area contributed by atoms with Crippen LogP contribution in [0.3, 0.4) is 0 Å². The zero-order valence-electron chi connectivity index (χ0n) is 9.45. The molecular formula is C13H21NO. The molecule has 84 valence electrons. The molecule has 0 saturated heterocycles. The minimum absolute atomic E-state index is 0.0912. The molecule has 0 N–H and O–H groups in total. The lowest BCUT2D eigenvalue weighted by atomic mass is 9.87. The quantitative estimate of drug-likeness (QED) is 0.472. The average Bonchev–Trinajstić information content (AvgIpc) is 2.68. The van der Waals surface area contributed by atoms with Gasteiger partial charge in [0.15, 0.2) is 0 Å². The van der Waals surface area contributed by atoms with E-state index < -0.39 is 0 Å². The number of nitrogens with zero attached hydrogens (tertiary/aromatic N) is 1. The van der Waals surface area contributed by atoms with Crippen molar-refractivity contribution < 1.29 is 4.79 Å². The van der Waals surface area contributed by atoms with Crippen LogP contribution in [0.2, 0.25) is 0 Å². The molecule has 1 rings (SSSR count). The average molecular weight is 207 g/mol. The molecule has 0 aromatic carbocycles. The van der Waals surface area contributed by atoms with E-state index in [9.17, 15) is 4.79 Å². The van der Waals surface area contributed by atoms with E-state index in [1.807, 2.05) is 12.2 Å². The zero-order valence-corrected chi connectivity index (χ0v) is 9.45. The highest BCUT2D eigenvalue weighted by atomic mass is 16.1. The fourth-order valence-corrected chi connectivity index (χ4v) is 2.41. The summed E-state index contributed by atoms with van der Waals surface area (Å²) in [6, 6.07) is 0. The van der Waals surface area contributed by atoms with Crippen molar-refractivity contribution in [2.24, 2.45) is 5.41 Å². The lowest BCUT2D eigenvalue weighted by Crippen LogP contribution is -2.37. The van der Waals surface area contributed by atoms with Crippen molar-refractivity contribution in [2.75, 3.05) is 19.6 Å². The van der Waals surface area contributed by atoms with Gasteiger partial charge in [0.05, 0.1) is 0 Å². The molecule has 1 fully saturated rings. The maximum absolute atomic E-state index is 11.2. The highest BCUT2D eigenvalue weighted by molar-refractivity contribution is 5.60. The first kappa shape index (κ1) is 12.2. The molecule has 0 unspecified atom stereocenters. The van der Waals surface area contributed by atoms with Gasteiger partial charge in [-0.1, -0.05) is 25.0 Å². The summed E-state index contributed by atoms with van der Waals surface area (Å²) in [5, 5.41) is 0. The van der Waals surface area contributed by atoms with Crippen molar-refractivity contribution in [3.8, 4) is 0 Å². The Kier molecular flexibility index (Phi) is 4.76. The molecule has 0 aliphatic heterocycles. The Labute approximate surface area is 92.7 Å². The number of carbonyl (C=O) groups excluding carboxylic acids is 1. The minimum atomic E-state index is -0.0912. The van der Waals surface area contributed by atoms with Crippen molar-refractivity contribution >= 4 is 6.29 Å². The topological polar surface area (TPSA) is 20.3 Å². The van der Waals surface area contributed by atoms with E-state index in [4.69, 9.17) is 0 Å². The van der Waals surface area contributed by atoms with E-state index >= 15 is 0 Å². The fourth-order valence-electron chi connectivity index (χ4n) is 2.41. The number of hydrogen-bond donors (Lipinski definition) is 0. The van der Waals surface area contributed by atoms with Crippen molar-refractivity contribution in [1.82, 2.24) is 4.90 Å². The van der Waals surface area contributed by atoms with Gasteiger partial charge in [-0.25, -0.2) is 0 Å². The third-order valence-corrected chi connectivity index (χ3v) is 3.16. The summed E-state index contributed by atoms with van der Waals surface area (Å²) in [7, 11) is 0. The van der Waals surface area contributed by atoms with Gasteiger partial charge in [0.2, 0.25) is 0 Å². The molecule has 0 spiro atoms. The standard InChI is InChI=1S/C13H21NO/c1-3-9-14(10-4-2)11-13(12-15)7-5-6-8-13/h3-4,12H,1-2,5-11H2. The van der Waals surface area contributed by atoms with Crippen LogP contribution in [0.5, 0.6) is 0 Å². The molecular weight excluding hydrogens is 186 g/mol. The van der Waals surface area contributed by atoms with Crippen molar-refractivity contribution in [3.63, 3.8) is 0 Å². The summed E-state index contributed by atoms with van der Waals surface area (Å²) in [5.41, 5.74) is -0.0912. The van der Waals surface area contributed by atoms with Gasteiger partial charge in [-0.15, -0.1) is 13.2 Å². The van der Waals surface area contributed by atoms with Crippen LogP contribution < -0.4 is 0 Å². The van der Waals surface area contributed by atoms with Crippen LogP contribution in [0.15, 0.2) is 25.3 Å². The Morgan fingerprint density at radius 1 is 1.13 bits per heavy atom. The highest BCUT2D eigenvalue weighted by Crippen LogP contribution is 2.36. The van der Waals surface area contributed by atoms with Gasteiger partial charge in [-0.2, -0.15) is 0 Å². The van der Waals surface area contributed by atoms with Gasteiger partial charge in [-0.05, 0) is 12.8 Å². The number of hydrogen-bond acceptors (Lipinski definition) is 2. The molecule has 1 aliphatic carbocycles. The summed E-state index contributed by atoms with van der Waals surface area (Å²) in [4.78, 5) is 13.4.